The standard InChI is InChI=1S/C33H36O4/c1-2-3-4-5-6-7-32(24-8-16-28(34)17-9-24)33(25-10-18-29(35)19-11-25,26-12-20-30(36)21-13-26)27-14-22-31(37)23-15-27/h8-23,32,34-37H,2-7H2,1H3. The number of rotatable bonds is 11. The zero-order valence-corrected chi connectivity index (χ0v) is 21.3. The van der Waals surface area contributed by atoms with Crippen molar-refractivity contribution >= 4 is 0 Å². The van der Waals surface area contributed by atoms with Gasteiger partial charge in [-0.15, -0.1) is 0 Å². The predicted molar refractivity (Wildman–Crippen MR) is 148 cm³/mol. The summed E-state index contributed by atoms with van der Waals surface area (Å²) in [6.07, 6.45) is 6.62. The lowest BCUT2D eigenvalue weighted by Gasteiger charge is -2.43. The maximum Gasteiger partial charge on any atom is 0.115 e. The largest absolute Gasteiger partial charge is 0.508 e. The van der Waals surface area contributed by atoms with Gasteiger partial charge in [-0.2, -0.15) is 0 Å². The van der Waals surface area contributed by atoms with E-state index in [1.54, 1.807) is 48.5 Å². The Labute approximate surface area is 219 Å². The first-order chi connectivity index (χ1) is 17.9. The fraction of sp³-hybridized carbons (Fsp3) is 0.273. The average molecular weight is 497 g/mol. The number of hydrogen-bond donors (Lipinski definition) is 4. The highest BCUT2D eigenvalue weighted by Crippen LogP contribution is 2.52. The molecule has 0 aliphatic carbocycles. The summed E-state index contributed by atoms with van der Waals surface area (Å²) in [4.78, 5) is 0. The Hall–Kier alpha value is -3.92. The van der Waals surface area contributed by atoms with Gasteiger partial charge < -0.3 is 20.4 Å². The maximum atomic E-state index is 10.2. The van der Waals surface area contributed by atoms with Gasteiger partial charge in [-0.25, -0.2) is 0 Å². The van der Waals surface area contributed by atoms with Gasteiger partial charge in [0, 0.05) is 5.92 Å². The van der Waals surface area contributed by atoms with Crippen LogP contribution in [0.25, 0.3) is 0 Å². The van der Waals surface area contributed by atoms with Crippen LogP contribution < -0.4 is 0 Å². The Balaban J connectivity index is 2.00. The summed E-state index contributed by atoms with van der Waals surface area (Å²) in [5.41, 5.74) is 3.37. The highest BCUT2D eigenvalue weighted by Gasteiger charge is 2.44. The number of phenolic OH excluding ortho intramolecular Hbond substituents is 4. The van der Waals surface area contributed by atoms with Gasteiger partial charge in [0.05, 0.1) is 5.41 Å². The van der Waals surface area contributed by atoms with Crippen LogP contribution in [0.4, 0.5) is 0 Å². The Bertz CT molecular complexity index is 1130. The molecule has 4 aromatic rings. The molecule has 0 radical (unpaired) electrons. The second kappa shape index (κ2) is 11.9. The molecule has 0 aromatic heterocycles. The van der Waals surface area contributed by atoms with Gasteiger partial charge in [-0.1, -0.05) is 87.6 Å². The average Bonchev–Trinajstić information content (AvgIpc) is 2.91. The van der Waals surface area contributed by atoms with E-state index in [4.69, 9.17) is 0 Å². The molecule has 0 fully saturated rings. The zero-order chi connectivity index (χ0) is 26.3. The third-order valence-corrected chi connectivity index (χ3v) is 7.38. The van der Waals surface area contributed by atoms with Crippen LogP contribution in [0.1, 0.15) is 73.6 Å². The molecule has 4 heteroatoms. The first-order valence-corrected chi connectivity index (χ1v) is 13.1. The minimum atomic E-state index is -0.698. The summed E-state index contributed by atoms with van der Waals surface area (Å²) in [6.45, 7) is 2.21. The summed E-state index contributed by atoms with van der Waals surface area (Å²) in [5, 5.41) is 40.5. The summed E-state index contributed by atoms with van der Waals surface area (Å²) in [6, 6.07) is 29.4. The molecule has 0 saturated carbocycles. The van der Waals surface area contributed by atoms with Crippen molar-refractivity contribution in [2.75, 3.05) is 0 Å². The summed E-state index contributed by atoms with van der Waals surface area (Å²) < 4.78 is 0. The molecule has 4 N–H and O–H groups in total. The van der Waals surface area contributed by atoms with Crippen LogP contribution in [0.15, 0.2) is 97.1 Å². The molecule has 1 atom stereocenters. The van der Waals surface area contributed by atoms with Gasteiger partial charge in [-0.3, -0.25) is 0 Å². The molecule has 0 aliphatic heterocycles. The van der Waals surface area contributed by atoms with E-state index in [1.807, 2.05) is 48.5 Å². The van der Waals surface area contributed by atoms with E-state index < -0.39 is 5.41 Å². The first-order valence-electron chi connectivity index (χ1n) is 13.1. The fourth-order valence-electron chi connectivity index (χ4n) is 5.57. The van der Waals surface area contributed by atoms with Gasteiger partial charge in [0.15, 0.2) is 0 Å². The molecule has 0 aliphatic rings. The molecule has 0 heterocycles. The molecule has 4 nitrogen and oxygen atoms in total. The van der Waals surface area contributed by atoms with Crippen LogP contribution in [-0.4, -0.2) is 20.4 Å². The van der Waals surface area contributed by atoms with E-state index in [9.17, 15) is 20.4 Å². The van der Waals surface area contributed by atoms with Gasteiger partial charge in [-0.05, 0) is 77.2 Å². The number of phenols is 4. The third-order valence-electron chi connectivity index (χ3n) is 7.38. The van der Waals surface area contributed by atoms with E-state index in [1.165, 1.54) is 19.3 Å². The van der Waals surface area contributed by atoms with Gasteiger partial charge in [0.1, 0.15) is 23.0 Å². The van der Waals surface area contributed by atoms with Crippen molar-refractivity contribution in [1.82, 2.24) is 0 Å². The second-order valence-corrected chi connectivity index (χ2v) is 9.80. The van der Waals surface area contributed by atoms with Crippen molar-refractivity contribution in [3.05, 3.63) is 119 Å². The highest BCUT2D eigenvalue weighted by atomic mass is 16.3. The van der Waals surface area contributed by atoms with E-state index >= 15 is 0 Å². The smallest absolute Gasteiger partial charge is 0.115 e. The minimum Gasteiger partial charge on any atom is -0.508 e. The number of benzene rings is 4. The van der Waals surface area contributed by atoms with Crippen LogP contribution in [-0.2, 0) is 5.41 Å². The van der Waals surface area contributed by atoms with E-state index in [2.05, 4.69) is 6.92 Å². The lowest BCUT2D eigenvalue weighted by atomic mass is 9.58. The fourth-order valence-corrected chi connectivity index (χ4v) is 5.57. The molecule has 37 heavy (non-hydrogen) atoms. The summed E-state index contributed by atoms with van der Waals surface area (Å²) in [5.74, 6) is 0.753. The van der Waals surface area contributed by atoms with Crippen molar-refractivity contribution in [3.8, 4) is 23.0 Å². The van der Waals surface area contributed by atoms with Crippen molar-refractivity contribution in [2.45, 2.75) is 56.8 Å². The van der Waals surface area contributed by atoms with Gasteiger partial charge >= 0.3 is 0 Å². The monoisotopic (exact) mass is 496 g/mol. The van der Waals surface area contributed by atoms with E-state index in [0.29, 0.717) is 0 Å². The van der Waals surface area contributed by atoms with Crippen LogP contribution in [0.3, 0.4) is 0 Å². The Morgan fingerprint density at radius 2 is 0.838 bits per heavy atom. The van der Waals surface area contributed by atoms with Crippen LogP contribution in [0.5, 0.6) is 23.0 Å². The highest BCUT2D eigenvalue weighted by molar-refractivity contribution is 5.56. The van der Waals surface area contributed by atoms with Crippen LogP contribution >= 0.6 is 0 Å². The predicted octanol–water partition coefficient (Wildman–Crippen LogP) is 7.99. The molecule has 192 valence electrons. The Morgan fingerprint density at radius 1 is 0.486 bits per heavy atom. The maximum absolute atomic E-state index is 10.2. The summed E-state index contributed by atoms with van der Waals surface area (Å²) >= 11 is 0. The second-order valence-electron chi connectivity index (χ2n) is 9.80. The van der Waals surface area contributed by atoms with Crippen LogP contribution in [0.2, 0.25) is 0 Å². The van der Waals surface area contributed by atoms with Crippen molar-refractivity contribution in [3.63, 3.8) is 0 Å². The molecular weight excluding hydrogens is 460 g/mol. The van der Waals surface area contributed by atoms with Gasteiger partial charge in [0.2, 0.25) is 0 Å². The molecule has 1 unspecified atom stereocenters. The topological polar surface area (TPSA) is 80.9 Å². The lowest BCUT2D eigenvalue weighted by Crippen LogP contribution is -2.36. The van der Waals surface area contributed by atoms with E-state index in [-0.39, 0.29) is 28.9 Å². The third kappa shape index (κ3) is 5.75. The number of aromatic hydroxyl groups is 4. The van der Waals surface area contributed by atoms with Crippen molar-refractivity contribution < 1.29 is 20.4 Å². The molecule has 0 spiro atoms. The SMILES string of the molecule is CCCCCCCC(c1ccc(O)cc1)C(c1ccc(O)cc1)(c1ccc(O)cc1)c1ccc(O)cc1. The van der Waals surface area contributed by atoms with Crippen molar-refractivity contribution in [1.29, 1.82) is 0 Å². The minimum absolute atomic E-state index is 0.0339. The normalized spacial score (nSPS) is 12.4. The quantitative estimate of drug-likeness (QED) is 0.125. The molecule has 0 amide bonds. The molecule has 4 rings (SSSR count). The zero-order valence-electron chi connectivity index (χ0n) is 21.3. The lowest BCUT2D eigenvalue weighted by molar-refractivity contribution is 0.423. The number of unbranched alkanes of at least 4 members (excludes halogenated alkanes) is 4. The molecular formula is C33H36O4. The van der Waals surface area contributed by atoms with Gasteiger partial charge in [0.25, 0.3) is 0 Å². The molecule has 0 saturated heterocycles. The van der Waals surface area contributed by atoms with Crippen molar-refractivity contribution in [2.24, 2.45) is 0 Å². The Kier molecular flexibility index (Phi) is 8.39. The number of hydrogen-bond acceptors (Lipinski definition) is 4. The molecule has 0 bridgehead atoms. The van der Waals surface area contributed by atoms with Crippen LogP contribution in [0, 0.1) is 0 Å². The first kappa shape index (κ1) is 26.2. The summed E-state index contributed by atoms with van der Waals surface area (Å²) in [7, 11) is 0. The Morgan fingerprint density at radius 3 is 1.22 bits per heavy atom. The van der Waals surface area contributed by atoms with E-state index in [0.717, 1.165) is 41.5 Å². The molecule has 4 aromatic carbocycles.